The van der Waals surface area contributed by atoms with Crippen molar-refractivity contribution in [3.63, 3.8) is 0 Å². The maximum absolute atomic E-state index is 4.15. The fourth-order valence-electron chi connectivity index (χ4n) is 1.49. The third-order valence-electron chi connectivity index (χ3n) is 2.95. The fourth-order valence-corrected chi connectivity index (χ4v) is 1.49. The van der Waals surface area contributed by atoms with Crippen LogP contribution < -0.4 is 0 Å². The smallest absolute Gasteiger partial charge is 0.0171 e. The summed E-state index contributed by atoms with van der Waals surface area (Å²) in [5, 5.41) is 0. The summed E-state index contributed by atoms with van der Waals surface area (Å²) in [5.74, 6) is 1.44. The van der Waals surface area contributed by atoms with Crippen molar-refractivity contribution in [3.05, 3.63) is 12.3 Å². The van der Waals surface area contributed by atoms with E-state index in [2.05, 4.69) is 46.2 Å². The lowest BCUT2D eigenvalue weighted by atomic mass is 10.0. The molecule has 14 heavy (non-hydrogen) atoms. The van der Waals surface area contributed by atoms with E-state index in [1.807, 2.05) is 0 Å². The Morgan fingerprint density at radius 2 is 1.86 bits per heavy atom. The minimum absolute atomic E-state index is 0.624. The first-order chi connectivity index (χ1) is 6.49. The van der Waals surface area contributed by atoms with Crippen LogP contribution in [-0.4, -0.2) is 18.5 Å². The van der Waals surface area contributed by atoms with Crippen LogP contribution in [0.4, 0.5) is 0 Å². The summed E-state index contributed by atoms with van der Waals surface area (Å²) in [6.45, 7) is 14.3. The van der Waals surface area contributed by atoms with E-state index >= 15 is 0 Å². The quantitative estimate of drug-likeness (QED) is 0.598. The monoisotopic (exact) mass is 197 g/mol. The minimum Gasteiger partial charge on any atom is -0.378 e. The van der Waals surface area contributed by atoms with E-state index in [0.29, 0.717) is 5.92 Å². The molecule has 1 atom stereocenters. The molecule has 1 nitrogen and oxygen atoms in total. The Morgan fingerprint density at radius 3 is 2.29 bits per heavy atom. The summed E-state index contributed by atoms with van der Waals surface area (Å²) in [6, 6.07) is 0. The molecule has 0 spiro atoms. The maximum Gasteiger partial charge on any atom is 0.0171 e. The molecule has 0 bridgehead atoms. The molecule has 0 aliphatic heterocycles. The summed E-state index contributed by atoms with van der Waals surface area (Å²) in [5.41, 5.74) is 1.29. The van der Waals surface area contributed by atoms with Gasteiger partial charge in [0.1, 0.15) is 0 Å². The van der Waals surface area contributed by atoms with Crippen LogP contribution in [0.5, 0.6) is 0 Å². The second kappa shape index (κ2) is 6.92. The topological polar surface area (TPSA) is 3.24 Å². The molecular weight excluding hydrogens is 170 g/mol. The first kappa shape index (κ1) is 13.5. The molecule has 0 rings (SSSR count). The van der Waals surface area contributed by atoms with Crippen molar-refractivity contribution in [2.75, 3.05) is 13.6 Å². The van der Waals surface area contributed by atoms with Crippen molar-refractivity contribution in [1.82, 2.24) is 4.90 Å². The number of allylic oxidation sites excluding steroid dienone is 1. The van der Waals surface area contributed by atoms with Crippen LogP contribution >= 0.6 is 0 Å². The SMILES string of the molecule is C=C(C(C)CC)N(C)CCCC(C)C. The van der Waals surface area contributed by atoms with Crippen LogP contribution in [0.1, 0.15) is 47.0 Å². The maximum atomic E-state index is 4.15. The molecule has 84 valence electrons. The third-order valence-corrected chi connectivity index (χ3v) is 2.95. The molecule has 0 saturated heterocycles. The molecule has 0 fully saturated rings. The fraction of sp³-hybridized carbons (Fsp3) is 0.846. The zero-order valence-corrected chi connectivity index (χ0v) is 10.6. The molecular formula is C13H27N. The van der Waals surface area contributed by atoms with Gasteiger partial charge in [-0.2, -0.15) is 0 Å². The predicted octanol–water partition coefficient (Wildman–Crippen LogP) is 3.91. The van der Waals surface area contributed by atoms with Gasteiger partial charge in [0.2, 0.25) is 0 Å². The summed E-state index contributed by atoms with van der Waals surface area (Å²) < 4.78 is 0. The van der Waals surface area contributed by atoms with Gasteiger partial charge >= 0.3 is 0 Å². The van der Waals surface area contributed by atoms with Gasteiger partial charge in [-0.25, -0.2) is 0 Å². The van der Waals surface area contributed by atoms with Gasteiger partial charge in [-0.1, -0.05) is 34.3 Å². The Morgan fingerprint density at radius 1 is 1.29 bits per heavy atom. The standard InChI is InChI=1S/C13H27N/c1-7-12(4)13(5)14(6)10-8-9-11(2)3/h11-12H,5,7-10H2,1-4,6H3. The van der Waals surface area contributed by atoms with Gasteiger partial charge < -0.3 is 4.90 Å². The van der Waals surface area contributed by atoms with Crippen LogP contribution in [0, 0.1) is 11.8 Å². The highest BCUT2D eigenvalue weighted by Crippen LogP contribution is 2.16. The lowest BCUT2D eigenvalue weighted by molar-refractivity contribution is 0.345. The first-order valence-electron chi connectivity index (χ1n) is 5.88. The lowest BCUT2D eigenvalue weighted by Gasteiger charge is -2.26. The Kier molecular flexibility index (Phi) is 6.69. The van der Waals surface area contributed by atoms with Gasteiger partial charge in [-0.15, -0.1) is 0 Å². The zero-order valence-electron chi connectivity index (χ0n) is 10.6. The minimum atomic E-state index is 0.624. The Bertz CT molecular complexity index is 161. The average Bonchev–Trinajstić information content (AvgIpc) is 2.14. The van der Waals surface area contributed by atoms with Crippen molar-refractivity contribution >= 4 is 0 Å². The van der Waals surface area contributed by atoms with Crippen molar-refractivity contribution < 1.29 is 0 Å². The molecule has 1 unspecified atom stereocenters. The molecule has 0 aromatic heterocycles. The molecule has 1 heteroatoms. The van der Waals surface area contributed by atoms with Crippen LogP contribution in [-0.2, 0) is 0 Å². The highest BCUT2D eigenvalue weighted by Gasteiger charge is 2.08. The van der Waals surface area contributed by atoms with E-state index in [-0.39, 0.29) is 0 Å². The number of nitrogens with zero attached hydrogens (tertiary/aromatic N) is 1. The van der Waals surface area contributed by atoms with Gasteiger partial charge in [0.05, 0.1) is 0 Å². The van der Waals surface area contributed by atoms with Crippen molar-refractivity contribution in [3.8, 4) is 0 Å². The van der Waals surface area contributed by atoms with Gasteiger partial charge in [-0.05, 0) is 31.1 Å². The molecule has 0 N–H and O–H groups in total. The summed E-state index contributed by atoms with van der Waals surface area (Å²) in [7, 11) is 2.16. The molecule has 0 saturated carbocycles. The highest BCUT2D eigenvalue weighted by molar-refractivity contribution is 4.96. The van der Waals surface area contributed by atoms with Gasteiger partial charge in [0.25, 0.3) is 0 Å². The predicted molar refractivity (Wildman–Crippen MR) is 65.3 cm³/mol. The van der Waals surface area contributed by atoms with Crippen LogP contribution in [0.15, 0.2) is 12.3 Å². The molecule has 0 heterocycles. The molecule has 0 amide bonds. The van der Waals surface area contributed by atoms with Gasteiger partial charge in [-0.3, -0.25) is 0 Å². The number of hydrogen-bond donors (Lipinski definition) is 0. The second-order valence-electron chi connectivity index (χ2n) is 4.76. The Balaban J connectivity index is 3.73. The molecule has 0 aromatic carbocycles. The summed E-state index contributed by atoms with van der Waals surface area (Å²) in [6.07, 6.45) is 3.79. The number of rotatable bonds is 7. The van der Waals surface area contributed by atoms with E-state index in [1.54, 1.807) is 0 Å². The highest BCUT2D eigenvalue weighted by atomic mass is 15.1. The summed E-state index contributed by atoms with van der Waals surface area (Å²) in [4.78, 5) is 2.32. The molecule has 0 aliphatic rings. The third kappa shape index (κ3) is 5.31. The zero-order chi connectivity index (χ0) is 11.1. The van der Waals surface area contributed by atoms with Gasteiger partial charge in [0, 0.05) is 19.3 Å². The van der Waals surface area contributed by atoms with E-state index in [4.69, 9.17) is 0 Å². The summed E-state index contributed by atoms with van der Waals surface area (Å²) >= 11 is 0. The van der Waals surface area contributed by atoms with Crippen molar-refractivity contribution in [2.45, 2.75) is 47.0 Å². The van der Waals surface area contributed by atoms with Crippen molar-refractivity contribution in [1.29, 1.82) is 0 Å². The Hall–Kier alpha value is -0.460. The van der Waals surface area contributed by atoms with Crippen LogP contribution in [0.3, 0.4) is 0 Å². The van der Waals surface area contributed by atoms with E-state index < -0.39 is 0 Å². The second-order valence-corrected chi connectivity index (χ2v) is 4.76. The normalized spacial score (nSPS) is 13.0. The van der Waals surface area contributed by atoms with E-state index in [1.165, 1.54) is 25.0 Å². The van der Waals surface area contributed by atoms with Crippen LogP contribution in [0.2, 0.25) is 0 Å². The average molecular weight is 197 g/mol. The first-order valence-corrected chi connectivity index (χ1v) is 5.88. The van der Waals surface area contributed by atoms with Gasteiger partial charge in [0.15, 0.2) is 0 Å². The largest absolute Gasteiger partial charge is 0.378 e. The van der Waals surface area contributed by atoms with E-state index in [9.17, 15) is 0 Å². The van der Waals surface area contributed by atoms with Crippen molar-refractivity contribution in [2.24, 2.45) is 11.8 Å². The Labute approximate surface area is 90.2 Å². The molecule has 0 aromatic rings. The molecule has 0 aliphatic carbocycles. The number of hydrogen-bond acceptors (Lipinski definition) is 1. The lowest BCUT2D eigenvalue weighted by Crippen LogP contribution is -2.22. The van der Waals surface area contributed by atoms with E-state index in [0.717, 1.165) is 12.5 Å². The van der Waals surface area contributed by atoms with Crippen LogP contribution in [0.25, 0.3) is 0 Å². The molecule has 0 radical (unpaired) electrons.